The fourth-order valence-electron chi connectivity index (χ4n) is 5.62. The number of halogens is 3. The van der Waals surface area contributed by atoms with Crippen molar-refractivity contribution in [1.29, 1.82) is 5.26 Å². The quantitative estimate of drug-likeness (QED) is 0.281. The van der Waals surface area contributed by atoms with Gasteiger partial charge in [-0.15, -0.1) is 11.8 Å². The van der Waals surface area contributed by atoms with Gasteiger partial charge in [0.15, 0.2) is 5.67 Å². The van der Waals surface area contributed by atoms with Gasteiger partial charge < -0.3 is 14.8 Å². The molecule has 44 heavy (non-hydrogen) atoms. The van der Waals surface area contributed by atoms with Crippen LogP contribution in [0.4, 0.5) is 18.9 Å². The van der Waals surface area contributed by atoms with Gasteiger partial charge in [-0.25, -0.2) is 26.3 Å². The molecule has 2 aromatic rings. The molecule has 1 aliphatic carbocycles. The number of anilines is 1. The van der Waals surface area contributed by atoms with Crippen molar-refractivity contribution in [2.24, 2.45) is 0 Å². The number of ether oxygens (including phenoxy) is 2. The second-order valence-electron chi connectivity index (χ2n) is 11.3. The van der Waals surface area contributed by atoms with E-state index in [0.29, 0.717) is 44.4 Å². The zero-order chi connectivity index (χ0) is 32.0. The molecular formula is C30H37F3N4O5S2. The zero-order valence-corrected chi connectivity index (χ0v) is 26.3. The number of nitrogens with zero attached hydrogens (tertiary/aromatic N) is 2. The van der Waals surface area contributed by atoms with Gasteiger partial charge in [0.2, 0.25) is 0 Å². The Bertz CT molecular complexity index is 1460. The molecule has 1 saturated carbocycles. The lowest BCUT2D eigenvalue weighted by Crippen LogP contribution is -2.61. The van der Waals surface area contributed by atoms with Crippen LogP contribution in [-0.2, 0) is 24.3 Å². The Hall–Kier alpha value is -2.83. The Morgan fingerprint density at radius 2 is 1.82 bits per heavy atom. The standard InChI is InChI=1S/C30H37F3N4O5S2/c1-41-20-29(33)18-37(19-29)13-10-23(17-43-24-8-6-22(31)7-9-24)35-27-21(16-34)14-25(15-26(27)32)44(39,40)36-28(38)30(42-2)11-4-3-5-12-30/h6-9,14-15,23,35H,3-5,10-13,17-20H2,1-2H3,(H,36,38)/t23-/m1/s1. The Morgan fingerprint density at radius 3 is 2.43 bits per heavy atom. The van der Waals surface area contributed by atoms with Crippen LogP contribution in [0.1, 0.15) is 44.1 Å². The third-order valence-electron chi connectivity index (χ3n) is 8.01. The van der Waals surface area contributed by atoms with Crippen molar-refractivity contribution in [3.63, 3.8) is 0 Å². The molecule has 0 aromatic heterocycles. The Labute approximate surface area is 260 Å². The van der Waals surface area contributed by atoms with Gasteiger partial charge in [-0.1, -0.05) is 19.3 Å². The van der Waals surface area contributed by atoms with Crippen molar-refractivity contribution >= 4 is 33.4 Å². The minimum absolute atomic E-state index is 0.00942. The van der Waals surface area contributed by atoms with E-state index in [-0.39, 0.29) is 36.8 Å². The van der Waals surface area contributed by atoms with E-state index in [9.17, 15) is 27.3 Å². The molecule has 4 rings (SSSR count). The maximum atomic E-state index is 15.6. The topological polar surface area (TPSA) is 121 Å². The number of hydrogen-bond acceptors (Lipinski definition) is 9. The fraction of sp³-hybridized carbons (Fsp3) is 0.533. The molecule has 2 fully saturated rings. The molecule has 2 aliphatic rings. The van der Waals surface area contributed by atoms with E-state index in [1.54, 1.807) is 12.1 Å². The van der Waals surface area contributed by atoms with E-state index in [0.717, 1.165) is 23.4 Å². The lowest BCUT2D eigenvalue weighted by atomic mass is 9.84. The molecule has 240 valence electrons. The summed E-state index contributed by atoms with van der Waals surface area (Å²) in [4.78, 5) is 15.1. The van der Waals surface area contributed by atoms with Gasteiger partial charge in [0.1, 0.15) is 23.3 Å². The molecule has 0 unspecified atom stereocenters. The average Bonchev–Trinajstić information content (AvgIpc) is 2.99. The number of sulfonamides is 1. The number of nitrogens with one attached hydrogen (secondary N) is 2. The molecule has 2 aromatic carbocycles. The number of thioether (sulfide) groups is 1. The monoisotopic (exact) mass is 654 g/mol. The summed E-state index contributed by atoms with van der Waals surface area (Å²) in [5.74, 6) is -1.81. The number of benzene rings is 2. The van der Waals surface area contributed by atoms with Gasteiger partial charge in [-0.2, -0.15) is 5.26 Å². The first-order valence-corrected chi connectivity index (χ1v) is 16.8. The maximum absolute atomic E-state index is 15.6. The summed E-state index contributed by atoms with van der Waals surface area (Å²) in [6.45, 7) is 0.850. The number of carbonyl (C=O) groups excluding carboxylic acids is 1. The van der Waals surface area contributed by atoms with E-state index < -0.39 is 44.0 Å². The molecule has 0 bridgehead atoms. The van der Waals surface area contributed by atoms with Crippen LogP contribution in [-0.4, -0.2) is 82.8 Å². The van der Waals surface area contributed by atoms with Crippen LogP contribution < -0.4 is 10.0 Å². The van der Waals surface area contributed by atoms with Crippen LogP contribution in [0.5, 0.6) is 0 Å². The van der Waals surface area contributed by atoms with E-state index in [2.05, 4.69) is 5.32 Å². The highest BCUT2D eigenvalue weighted by Gasteiger charge is 2.43. The van der Waals surface area contributed by atoms with Gasteiger partial charge in [-0.3, -0.25) is 9.69 Å². The predicted molar refractivity (Wildman–Crippen MR) is 161 cm³/mol. The second-order valence-corrected chi connectivity index (χ2v) is 14.1. The van der Waals surface area contributed by atoms with E-state index in [1.165, 1.54) is 38.1 Å². The highest BCUT2D eigenvalue weighted by Crippen LogP contribution is 2.33. The first-order valence-electron chi connectivity index (χ1n) is 14.3. The number of methoxy groups -OCH3 is 2. The summed E-state index contributed by atoms with van der Waals surface area (Å²) in [6, 6.07) is 9.10. The number of rotatable bonds is 14. The minimum atomic E-state index is -4.53. The largest absolute Gasteiger partial charge is 0.381 e. The summed E-state index contributed by atoms with van der Waals surface area (Å²) in [5.41, 5.74) is -3.16. The number of amides is 1. The SMILES string of the molecule is COCC1(F)CN(CC[C@H](CSc2ccc(F)cc2)Nc2c(F)cc(S(=O)(=O)NC(=O)C3(OC)CCCCC3)cc2C#N)C1. The maximum Gasteiger partial charge on any atom is 0.265 e. The van der Waals surface area contributed by atoms with E-state index >= 15 is 4.39 Å². The highest BCUT2D eigenvalue weighted by atomic mass is 32.2. The van der Waals surface area contributed by atoms with Crippen LogP contribution in [0, 0.1) is 23.0 Å². The van der Waals surface area contributed by atoms with Gasteiger partial charge in [0.25, 0.3) is 15.9 Å². The Balaban J connectivity index is 1.51. The first kappa shape index (κ1) is 34.1. The summed E-state index contributed by atoms with van der Waals surface area (Å²) >= 11 is 1.39. The second kappa shape index (κ2) is 14.5. The molecule has 9 nitrogen and oxygen atoms in total. The molecular weight excluding hydrogens is 617 g/mol. The van der Waals surface area contributed by atoms with Crippen LogP contribution in [0.25, 0.3) is 0 Å². The van der Waals surface area contributed by atoms with Crippen molar-refractivity contribution in [3.8, 4) is 6.07 Å². The molecule has 1 heterocycles. The van der Waals surface area contributed by atoms with Crippen molar-refractivity contribution in [2.75, 3.05) is 51.5 Å². The van der Waals surface area contributed by atoms with Crippen LogP contribution in [0.2, 0.25) is 0 Å². The van der Waals surface area contributed by atoms with Crippen LogP contribution in [0.15, 0.2) is 46.2 Å². The van der Waals surface area contributed by atoms with Crippen molar-refractivity contribution in [3.05, 3.63) is 53.6 Å². The van der Waals surface area contributed by atoms with Gasteiger partial charge in [0, 0.05) is 50.5 Å². The van der Waals surface area contributed by atoms with E-state index in [4.69, 9.17) is 9.47 Å². The Kier molecular flexibility index (Phi) is 11.2. The number of carbonyl (C=O) groups is 1. The molecule has 0 spiro atoms. The zero-order valence-electron chi connectivity index (χ0n) is 24.7. The normalized spacial score (nSPS) is 18.5. The van der Waals surface area contributed by atoms with Gasteiger partial charge >= 0.3 is 0 Å². The number of hydrogen-bond donors (Lipinski definition) is 2. The highest BCUT2D eigenvalue weighted by molar-refractivity contribution is 7.99. The molecule has 1 saturated heterocycles. The Morgan fingerprint density at radius 1 is 1.14 bits per heavy atom. The average molecular weight is 655 g/mol. The molecule has 1 aliphatic heterocycles. The number of nitriles is 1. The third-order valence-corrected chi connectivity index (χ3v) is 10.5. The van der Waals surface area contributed by atoms with Gasteiger partial charge in [-0.05, 0) is 55.7 Å². The van der Waals surface area contributed by atoms with Crippen LogP contribution in [0.3, 0.4) is 0 Å². The predicted octanol–water partition coefficient (Wildman–Crippen LogP) is 4.62. The number of likely N-dealkylation sites (tertiary alicyclic amines) is 1. The molecule has 1 atom stereocenters. The van der Waals surface area contributed by atoms with Crippen molar-refractivity contribution in [2.45, 2.75) is 65.6 Å². The summed E-state index contributed by atoms with van der Waals surface area (Å²) in [5, 5.41) is 12.9. The molecule has 1 amide bonds. The van der Waals surface area contributed by atoms with E-state index in [1.807, 2.05) is 15.7 Å². The fourth-order valence-corrected chi connectivity index (χ4v) is 7.67. The van der Waals surface area contributed by atoms with Crippen molar-refractivity contribution in [1.82, 2.24) is 9.62 Å². The van der Waals surface area contributed by atoms with Crippen LogP contribution >= 0.6 is 11.8 Å². The lowest BCUT2D eigenvalue weighted by Gasteiger charge is -2.44. The minimum Gasteiger partial charge on any atom is -0.381 e. The van der Waals surface area contributed by atoms with Crippen molar-refractivity contribution < 1.29 is 35.9 Å². The smallest absolute Gasteiger partial charge is 0.265 e. The third kappa shape index (κ3) is 8.25. The lowest BCUT2D eigenvalue weighted by molar-refractivity contribution is -0.145. The summed E-state index contributed by atoms with van der Waals surface area (Å²) < 4.78 is 82.2. The molecule has 0 radical (unpaired) electrons. The number of alkyl halides is 1. The first-order chi connectivity index (χ1) is 20.9. The molecule has 14 heteroatoms. The summed E-state index contributed by atoms with van der Waals surface area (Å²) in [7, 11) is -1.73. The molecule has 2 N–H and O–H groups in total. The van der Waals surface area contributed by atoms with Gasteiger partial charge in [0.05, 0.1) is 22.8 Å². The summed E-state index contributed by atoms with van der Waals surface area (Å²) in [6.07, 6.45) is 3.47.